The predicted octanol–water partition coefficient (Wildman–Crippen LogP) is 4.06. The van der Waals surface area contributed by atoms with Crippen molar-refractivity contribution in [1.29, 1.82) is 0 Å². The zero-order chi connectivity index (χ0) is 21.4. The third-order valence-corrected chi connectivity index (χ3v) is 5.07. The minimum Gasteiger partial charge on any atom is -0.379 e. The Morgan fingerprint density at radius 1 is 1.06 bits per heavy atom. The number of hydrogen-bond acceptors (Lipinski definition) is 3. The van der Waals surface area contributed by atoms with E-state index in [1.54, 1.807) is 13.1 Å². The Labute approximate surface area is 198 Å². The smallest absolute Gasteiger partial charge is 0.379 e. The summed E-state index contributed by atoms with van der Waals surface area (Å²) in [6, 6.07) is 15.7. The Hall–Kier alpha value is -1.85. The van der Waals surface area contributed by atoms with E-state index in [4.69, 9.17) is 4.74 Å². The zero-order valence-electron chi connectivity index (χ0n) is 17.4. The summed E-state index contributed by atoms with van der Waals surface area (Å²) in [5.41, 5.74) is 1.09. The van der Waals surface area contributed by atoms with Crippen molar-refractivity contribution in [2.24, 2.45) is 4.99 Å². The van der Waals surface area contributed by atoms with Gasteiger partial charge in [-0.05, 0) is 23.3 Å². The molecule has 1 heterocycles. The van der Waals surface area contributed by atoms with Crippen LogP contribution >= 0.6 is 24.0 Å². The van der Waals surface area contributed by atoms with Gasteiger partial charge in [0.1, 0.15) is 0 Å². The Kier molecular flexibility index (Phi) is 10.0. The number of morpholine rings is 1. The molecule has 0 aliphatic carbocycles. The van der Waals surface area contributed by atoms with Crippen LogP contribution in [0.3, 0.4) is 0 Å². The standard InChI is InChI=1S/C22H27F3N4O.HI/c1-26-21(27-15-17-6-5-9-19(14-17)22(23,24)25)28-16-20(18-7-3-2-4-8-18)29-10-12-30-13-11-29;/h2-9,14,20H,10-13,15-16H2,1H3,(H2,26,27,28);1H. The number of hydrogen-bond donors (Lipinski definition) is 2. The SMILES string of the molecule is CN=C(NCc1cccc(C(F)(F)F)c1)NCC(c1ccccc1)N1CCOCC1.I. The van der Waals surface area contributed by atoms with E-state index < -0.39 is 11.7 Å². The van der Waals surface area contributed by atoms with E-state index in [-0.39, 0.29) is 36.6 Å². The molecule has 170 valence electrons. The van der Waals surface area contributed by atoms with Gasteiger partial charge >= 0.3 is 6.18 Å². The van der Waals surface area contributed by atoms with Crippen molar-refractivity contribution >= 4 is 29.9 Å². The van der Waals surface area contributed by atoms with Crippen molar-refractivity contribution in [3.8, 4) is 0 Å². The van der Waals surface area contributed by atoms with Crippen molar-refractivity contribution in [2.45, 2.75) is 18.8 Å². The summed E-state index contributed by atoms with van der Waals surface area (Å²) in [6.07, 6.45) is -4.35. The first-order valence-corrected chi connectivity index (χ1v) is 9.95. The number of nitrogens with one attached hydrogen (secondary N) is 2. The number of guanidine groups is 1. The Balaban J connectivity index is 0.00000341. The summed E-state index contributed by atoms with van der Waals surface area (Å²) < 4.78 is 44.2. The second kappa shape index (κ2) is 12.3. The van der Waals surface area contributed by atoms with Gasteiger partial charge in [0, 0.05) is 33.2 Å². The van der Waals surface area contributed by atoms with Crippen LogP contribution < -0.4 is 10.6 Å². The molecule has 2 aromatic rings. The first-order valence-electron chi connectivity index (χ1n) is 9.95. The molecular weight excluding hydrogens is 520 g/mol. The van der Waals surface area contributed by atoms with E-state index in [1.807, 2.05) is 18.2 Å². The molecule has 31 heavy (non-hydrogen) atoms. The average molecular weight is 548 g/mol. The van der Waals surface area contributed by atoms with Crippen molar-refractivity contribution in [3.05, 3.63) is 71.3 Å². The van der Waals surface area contributed by atoms with Gasteiger partial charge in [-0.1, -0.05) is 42.5 Å². The number of benzene rings is 2. The van der Waals surface area contributed by atoms with Gasteiger partial charge in [0.05, 0.1) is 24.8 Å². The lowest BCUT2D eigenvalue weighted by molar-refractivity contribution is -0.137. The van der Waals surface area contributed by atoms with Crippen molar-refractivity contribution in [3.63, 3.8) is 0 Å². The topological polar surface area (TPSA) is 48.9 Å². The number of halogens is 4. The van der Waals surface area contributed by atoms with Crippen LogP contribution in [0.25, 0.3) is 0 Å². The highest BCUT2D eigenvalue weighted by atomic mass is 127. The third kappa shape index (κ3) is 7.65. The lowest BCUT2D eigenvalue weighted by Crippen LogP contribution is -2.46. The normalized spacial score (nSPS) is 16.3. The van der Waals surface area contributed by atoms with Crippen LogP contribution in [0.15, 0.2) is 59.6 Å². The maximum absolute atomic E-state index is 12.9. The quantitative estimate of drug-likeness (QED) is 0.325. The summed E-state index contributed by atoms with van der Waals surface area (Å²) in [5.74, 6) is 0.543. The third-order valence-electron chi connectivity index (χ3n) is 5.07. The molecule has 0 amide bonds. The molecule has 9 heteroatoms. The molecule has 0 bridgehead atoms. The van der Waals surface area contributed by atoms with E-state index in [2.05, 4.69) is 32.7 Å². The molecule has 1 aliphatic rings. The van der Waals surface area contributed by atoms with Crippen LogP contribution in [-0.4, -0.2) is 50.8 Å². The fourth-order valence-corrected chi connectivity index (χ4v) is 3.48. The molecule has 0 radical (unpaired) electrons. The largest absolute Gasteiger partial charge is 0.416 e. The van der Waals surface area contributed by atoms with Crippen LogP contribution in [-0.2, 0) is 17.5 Å². The van der Waals surface area contributed by atoms with E-state index in [0.29, 0.717) is 31.3 Å². The number of ether oxygens (including phenoxy) is 1. The molecule has 2 aromatic carbocycles. The molecule has 0 saturated carbocycles. The average Bonchev–Trinajstić information content (AvgIpc) is 2.77. The fourth-order valence-electron chi connectivity index (χ4n) is 3.48. The van der Waals surface area contributed by atoms with E-state index in [1.165, 1.54) is 11.6 Å². The minimum absolute atomic E-state index is 0. The van der Waals surface area contributed by atoms with Gasteiger partial charge in [-0.2, -0.15) is 13.2 Å². The zero-order valence-corrected chi connectivity index (χ0v) is 19.7. The Bertz CT molecular complexity index is 827. The van der Waals surface area contributed by atoms with Crippen molar-refractivity contribution in [1.82, 2.24) is 15.5 Å². The number of aliphatic imine (C=N–C) groups is 1. The van der Waals surface area contributed by atoms with Gasteiger partial charge in [-0.3, -0.25) is 9.89 Å². The summed E-state index contributed by atoms with van der Waals surface area (Å²) in [6.45, 7) is 3.95. The van der Waals surface area contributed by atoms with Gasteiger partial charge in [-0.25, -0.2) is 0 Å². The first-order chi connectivity index (χ1) is 14.5. The van der Waals surface area contributed by atoms with Crippen molar-refractivity contribution < 1.29 is 17.9 Å². The van der Waals surface area contributed by atoms with Gasteiger partial charge < -0.3 is 15.4 Å². The molecule has 5 nitrogen and oxygen atoms in total. The molecular formula is C22H28F3IN4O. The molecule has 2 N–H and O–H groups in total. The number of alkyl halides is 3. The second-order valence-corrected chi connectivity index (χ2v) is 7.08. The molecule has 3 rings (SSSR count). The summed E-state index contributed by atoms with van der Waals surface area (Å²) in [4.78, 5) is 6.58. The monoisotopic (exact) mass is 548 g/mol. The van der Waals surface area contributed by atoms with Crippen LogP contribution in [0, 0.1) is 0 Å². The number of nitrogens with zero attached hydrogens (tertiary/aromatic N) is 2. The van der Waals surface area contributed by atoms with Crippen LogP contribution in [0.2, 0.25) is 0 Å². The molecule has 1 unspecified atom stereocenters. The fraction of sp³-hybridized carbons (Fsp3) is 0.409. The summed E-state index contributed by atoms with van der Waals surface area (Å²) in [7, 11) is 1.65. The van der Waals surface area contributed by atoms with Gasteiger partial charge in [0.25, 0.3) is 0 Å². The van der Waals surface area contributed by atoms with E-state index in [0.717, 1.165) is 25.2 Å². The molecule has 1 atom stereocenters. The molecule has 1 saturated heterocycles. The van der Waals surface area contributed by atoms with E-state index in [9.17, 15) is 13.2 Å². The van der Waals surface area contributed by atoms with Crippen LogP contribution in [0.5, 0.6) is 0 Å². The molecule has 1 aliphatic heterocycles. The predicted molar refractivity (Wildman–Crippen MR) is 127 cm³/mol. The summed E-state index contributed by atoms with van der Waals surface area (Å²) >= 11 is 0. The van der Waals surface area contributed by atoms with Gasteiger partial charge in [0.15, 0.2) is 5.96 Å². The second-order valence-electron chi connectivity index (χ2n) is 7.08. The van der Waals surface area contributed by atoms with Crippen LogP contribution in [0.1, 0.15) is 22.7 Å². The maximum Gasteiger partial charge on any atom is 0.416 e. The highest BCUT2D eigenvalue weighted by Crippen LogP contribution is 2.29. The highest BCUT2D eigenvalue weighted by Gasteiger charge is 2.30. The lowest BCUT2D eigenvalue weighted by atomic mass is 10.0. The molecule has 1 fully saturated rings. The Morgan fingerprint density at radius 2 is 1.77 bits per heavy atom. The van der Waals surface area contributed by atoms with Gasteiger partial charge in [0.2, 0.25) is 0 Å². The Morgan fingerprint density at radius 3 is 2.42 bits per heavy atom. The summed E-state index contributed by atoms with van der Waals surface area (Å²) in [5, 5.41) is 6.42. The number of rotatable bonds is 6. The lowest BCUT2D eigenvalue weighted by Gasteiger charge is -2.35. The minimum atomic E-state index is -4.35. The molecule has 0 aromatic heterocycles. The van der Waals surface area contributed by atoms with Gasteiger partial charge in [-0.15, -0.1) is 24.0 Å². The highest BCUT2D eigenvalue weighted by molar-refractivity contribution is 14.0. The molecule has 0 spiro atoms. The maximum atomic E-state index is 12.9. The first kappa shape index (κ1) is 25.4. The van der Waals surface area contributed by atoms with Crippen molar-refractivity contribution in [2.75, 3.05) is 39.9 Å². The van der Waals surface area contributed by atoms with Crippen LogP contribution in [0.4, 0.5) is 13.2 Å². The van der Waals surface area contributed by atoms with E-state index >= 15 is 0 Å².